The van der Waals surface area contributed by atoms with Gasteiger partial charge in [-0.2, -0.15) is 8.42 Å². The van der Waals surface area contributed by atoms with Gasteiger partial charge in [0.05, 0.1) is 6.26 Å². The van der Waals surface area contributed by atoms with E-state index in [1.165, 1.54) is 0 Å². The van der Waals surface area contributed by atoms with Crippen LogP contribution in [-0.2, 0) is 14.3 Å². The van der Waals surface area contributed by atoms with Gasteiger partial charge in [0, 0.05) is 4.91 Å². The highest BCUT2D eigenvalue weighted by Crippen LogP contribution is 1.85. The monoisotopic (exact) mass is 151 g/mol. The third kappa shape index (κ3) is 7.22. The summed E-state index contributed by atoms with van der Waals surface area (Å²) in [5.41, 5.74) is 7.65. The molecule has 52 valence electrons. The Morgan fingerprint density at radius 3 is 2.67 bits per heavy atom. The van der Waals surface area contributed by atoms with Crippen molar-refractivity contribution >= 4 is 10.1 Å². The zero-order valence-corrected chi connectivity index (χ0v) is 5.50. The average molecular weight is 151 g/mol. The van der Waals surface area contributed by atoms with Crippen molar-refractivity contribution in [1.29, 1.82) is 0 Å². The lowest BCUT2D eigenvalue weighted by molar-refractivity contribution is 0.332. The van der Waals surface area contributed by atoms with Gasteiger partial charge in [0.25, 0.3) is 10.1 Å². The smallest absolute Gasteiger partial charge is 0.264 e. The van der Waals surface area contributed by atoms with Crippen molar-refractivity contribution in [2.45, 2.75) is 0 Å². The predicted octanol–water partition coefficient (Wildman–Crippen LogP) is 0.230. The topological polar surface area (TPSA) is 92.1 Å². The van der Waals surface area contributed by atoms with Gasteiger partial charge in [-0.05, 0) is 5.53 Å². The SMILES string of the molecule is CS(=O)(=O)OCN=[N+]=[N-]. The fourth-order valence-electron chi connectivity index (χ4n) is 0.145. The summed E-state index contributed by atoms with van der Waals surface area (Å²) in [6.45, 7) is -0.477. The van der Waals surface area contributed by atoms with Crippen molar-refractivity contribution < 1.29 is 12.6 Å². The van der Waals surface area contributed by atoms with Crippen LogP contribution >= 0.6 is 0 Å². The summed E-state index contributed by atoms with van der Waals surface area (Å²) in [6, 6.07) is 0. The van der Waals surface area contributed by atoms with Crippen LogP contribution in [0.3, 0.4) is 0 Å². The number of nitrogens with zero attached hydrogens (tertiary/aromatic N) is 3. The van der Waals surface area contributed by atoms with Crippen LogP contribution < -0.4 is 0 Å². The molecule has 0 amide bonds. The Bertz CT molecular complexity index is 213. The van der Waals surface area contributed by atoms with Crippen LogP contribution in [-0.4, -0.2) is 21.4 Å². The van der Waals surface area contributed by atoms with Crippen LogP contribution in [0.5, 0.6) is 0 Å². The van der Waals surface area contributed by atoms with Crippen LogP contribution in [0, 0.1) is 0 Å². The third-order valence-corrected chi connectivity index (χ3v) is 0.921. The van der Waals surface area contributed by atoms with Gasteiger partial charge in [-0.15, -0.1) is 0 Å². The Hall–Kier alpha value is -0.780. The van der Waals surface area contributed by atoms with Crippen LogP contribution in [0.15, 0.2) is 5.11 Å². The Kier molecular flexibility index (Phi) is 3.00. The lowest BCUT2D eigenvalue weighted by Gasteiger charge is -1.91. The van der Waals surface area contributed by atoms with E-state index >= 15 is 0 Å². The minimum Gasteiger partial charge on any atom is -0.264 e. The van der Waals surface area contributed by atoms with Gasteiger partial charge in [-0.25, -0.2) is 0 Å². The van der Waals surface area contributed by atoms with Gasteiger partial charge in [0.2, 0.25) is 0 Å². The van der Waals surface area contributed by atoms with Crippen molar-refractivity contribution in [2.75, 3.05) is 13.0 Å². The first kappa shape index (κ1) is 8.22. The maximum absolute atomic E-state index is 10.1. The highest BCUT2D eigenvalue weighted by atomic mass is 32.2. The van der Waals surface area contributed by atoms with E-state index in [-0.39, 0.29) is 0 Å². The zero-order valence-electron chi connectivity index (χ0n) is 4.68. The fourth-order valence-corrected chi connectivity index (χ4v) is 0.384. The Labute approximate surface area is 52.2 Å². The lowest BCUT2D eigenvalue weighted by atomic mass is 11.4. The maximum atomic E-state index is 10.1. The van der Waals surface area contributed by atoms with E-state index in [0.717, 1.165) is 6.26 Å². The van der Waals surface area contributed by atoms with Gasteiger partial charge in [-0.3, -0.25) is 4.18 Å². The Balaban J connectivity index is 3.66. The van der Waals surface area contributed by atoms with Gasteiger partial charge < -0.3 is 0 Å². The molecule has 0 aromatic heterocycles. The highest BCUT2D eigenvalue weighted by Gasteiger charge is 1.96. The molecule has 0 heterocycles. The molecule has 0 spiro atoms. The summed E-state index contributed by atoms with van der Waals surface area (Å²) >= 11 is 0. The molecule has 0 unspecified atom stereocenters. The summed E-state index contributed by atoms with van der Waals surface area (Å²) in [5, 5.41) is 2.84. The normalized spacial score (nSPS) is 10.3. The van der Waals surface area contributed by atoms with E-state index in [1.807, 2.05) is 0 Å². The second-order valence-electron chi connectivity index (χ2n) is 1.18. The average Bonchev–Trinajstić information content (AvgIpc) is 1.63. The molecule has 0 saturated carbocycles. The molecule has 0 N–H and O–H groups in total. The fraction of sp³-hybridized carbons (Fsp3) is 1.00. The summed E-state index contributed by atoms with van der Waals surface area (Å²) in [4.78, 5) is 2.27. The van der Waals surface area contributed by atoms with Crippen LogP contribution in [0.25, 0.3) is 10.4 Å². The largest absolute Gasteiger partial charge is 0.264 e. The molecule has 6 nitrogen and oxygen atoms in total. The summed E-state index contributed by atoms with van der Waals surface area (Å²) in [5.74, 6) is 0. The molecule has 9 heavy (non-hydrogen) atoms. The van der Waals surface area contributed by atoms with Crippen molar-refractivity contribution in [1.82, 2.24) is 0 Å². The molecule has 0 saturated heterocycles. The molecule has 0 radical (unpaired) electrons. The molecule has 0 aliphatic heterocycles. The molecule has 0 rings (SSSR count). The second-order valence-corrected chi connectivity index (χ2v) is 2.83. The summed E-state index contributed by atoms with van der Waals surface area (Å²) in [7, 11) is -3.46. The molecule has 7 heteroatoms. The van der Waals surface area contributed by atoms with E-state index in [0.29, 0.717) is 0 Å². The van der Waals surface area contributed by atoms with Gasteiger partial charge >= 0.3 is 0 Å². The van der Waals surface area contributed by atoms with Crippen LogP contribution in [0.2, 0.25) is 0 Å². The summed E-state index contributed by atoms with van der Waals surface area (Å²) < 4.78 is 24.2. The quantitative estimate of drug-likeness (QED) is 0.250. The van der Waals surface area contributed by atoms with E-state index in [9.17, 15) is 8.42 Å². The van der Waals surface area contributed by atoms with Gasteiger partial charge in [-0.1, -0.05) is 5.11 Å². The molecule has 0 aromatic rings. The lowest BCUT2D eigenvalue weighted by Crippen LogP contribution is -2.01. The number of rotatable bonds is 3. The molecular formula is C2H5N3O3S. The van der Waals surface area contributed by atoms with Gasteiger partial charge in [0.1, 0.15) is 6.73 Å². The molecular weight excluding hydrogens is 146 g/mol. The van der Waals surface area contributed by atoms with Crippen LogP contribution in [0.4, 0.5) is 0 Å². The molecule has 0 fully saturated rings. The highest BCUT2D eigenvalue weighted by molar-refractivity contribution is 7.85. The predicted molar refractivity (Wildman–Crippen MR) is 29.9 cm³/mol. The zero-order chi connectivity index (χ0) is 7.33. The van der Waals surface area contributed by atoms with E-state index in [1.54, 1.807) is 0 Å². The molecule has 0 atom stereocenters. The minimum absolute atomic E-state index is 0.477. The van der Waals surface area contributed by atoms with E-state index in [4.69, 9.17) is 5.53 Å². The molecule has 0 aliphatic carbocycles. The van der Waals surface area contributed by atoms with Gasteiger partial charge in [0.15, 0.2) is 0 Å². The van der Waals surface area contributed by atoms with Crippen molar-refractivity contribution in [3.05, 3.63) is 10.4 Å². The maximum Gasteiger partial charge on any atom is 0.264 e. The standard InChI is InChI=1S/C2H5N3O3S/c1-9(6,7)8-2-4-5-3/h2H2,1H3. The first-order chi connectivity index (χ1) is 4.06. The van der Waals surface area contributed by atoms with Crippen molar-refractivity contribution in [3.8, 4) is 0 Å². The third-order valence-electron chi connectivity index (χ3n) is 0.388. The molecule has 0 bridgehead atoms. The van der Waals surface area contributed by atoms with Crippen molar-refractivity contribution in [3.63, 3.8) is 0 Å². The van der Waals surface area contributed by atoms with Crippen molar-refractivity contribution in [2.24, 2.45) is 5.11 Å². The Morgan fingerprint density at radius 2 is 2.33 bits per heavy atom. The number of azide groups is 1. The van der Waals surface area contributed by atoms with E-state index in [2.05, 4.69) is 14.2 Å². The molecule has 0 aromatic carbocycles. The molecule has 0 aliphatic rings. The number of hydrogen-bond acceptors (Lipinski definition) is 4. The first-order valence-corrected chi connectivity index (χ1v) is 3.73. The van der Waals surface area contributed by atoms with Crippen LogP contribution in [0.1, 0.15) is 0 Å². The van der Waals surface area contributed by atoms with E-state index < -0.39 is 16.8 Å². The number of hydrogen-bond donors (Lipinski definition) is 0. The minimum atomic E-state index is -3.46. The second kappa shape index (κ2) is 3.29. The Morgan fingerprint density at radius 1 is 1.78 bits per heavy atom. The first-order valence-electron chi connectivity index (χ1n) is 1.91. The summed E-state index contributed by atoms with van der Waals surface area (Å²) in [6.07, 6.45) is 0.875.